The first-order valence-corrected chi connectivity index (χ1v) is 5.66. The van der Waals surface area contributed by atoms with Crippen LogP contribution in [0, 0.1) is 13.8 Å². The van der Waals surface area contributed by atoms with E-state index in [1.807, 2.05) is 0 Å². The van der Waals surface area contributed by atoms with Gasteiger partial charge in [-0.05, 0) is 25.0 Å². The maximum atomic E-state index is 5.60. The quantitative estimate of drug-likeness (QED) is 0.769. The molecule has 0 aliphatic carbocycles. The largest absolute Gasteiger partial charge is 0.424 e. The molecule has 4 heteroatoms. The van der Waals surface area contributed by atoms with Gasteiger partial charge in [0.1, 0.15) is 5.88 Å². The third-order valence-corrected chi connectivity index (χ3v) is 2.70. The number of hydrogen-bond donors (Lipinski definition) is 0. The minimum absolute atomic E-state index is 0.264. The van der Waals surface area contributed by atoms with E-state index in [2.05, 4.69) is 42.2 Å². The van der Waals surface area contributed by atoms with Crippen molar-refractivity contribution >= 4 is 11.6 Å². The summed E-state index contributed by atoms with van der Waals surface area (Å²) >= 11 is 5.60. The fourth-order valence-electron chi connectivity index (χ4n) is 1.57. The van der Waals surface area contributed by atoms with E-state index < -0.39 is 0 Å². The number of aromatic nitrogens is 2. The van der Waals surface area contributed by atoms with Gasteiger partial charge in [-0.3, -0.25) is 0 Å². The van der Waals surface area contributed by atoms with Gasteiger partial charge in [-0.25, -0.2) is 0 Å². The molecule has 0 saturated carbocycles. The summed E-state index contributed by atoms with van der Waals surface area (Å²) < 4.78 is 5.38. The van der Waals surface area contributed by atoms with Crippen molar-refractivity contribution in [1.82, 2.24) is 10.2 Å². The van der Waals surface area contributed by atoms with E-state index in [1.165, 1.54) is 16.7 Å². The highest BCUT2D eigenvalue weighted by Gasteiger charge is 2.07. The second-order valence-corrected chi connectivity index (χ2v) is 4.10. The first-order valence-electron chi connectivity index (χ1n) is 5.12. The Hall–Kier alpha value is -1.35. The lowest BCUT2D eigenvalue weighted by molar-refractivity contribution is 0.473. The summed E-state index contributed by atoms with van der Waals surface area (Å²) in [6.07, 6.45) is 0.664. The lowest BCUT2D eigenvalue weighted by atomic mass is 10.0. The van der Waals surface area contributed by atoms with Gasteiger partial charge < -0.3 is 4.42 Å². The van der Waals surface area contributed by atoms with Crippen molar-refractivity contribution in [2.24, 2.45) is 0 Å². The van der Waals surface area contributed by atoms with Crippen molar-refractivity contribution in [2.75, 3.05) is 0 Å². The van der Waals surface area contributed by atoms with Gasteiger partial charge in [-0.15, -0.1) is 21.8 Å². The Kier molecular flexibility index (Phi) is 3.25. The van der Waals surface area contributed by atoms with Crippen molar-refractivity contribution in [3.63, 3.8) is 0 Å². The second-order valence-electron chi connectivity index (χ2n) is 3.83. The lowest BCUT2D eigenvalue weighted by Gasteiger charge is -2.03. The number of halogens is 1. The zero-order chi connectivity index (χ0) is 11.5. The van der Waals surface area contributed by atoms with Crippen molar-refractivity contribution in [3.8, 4) is 0 Å². The van der Waals surface area contributed by atoms with Gasteiger partial charge >= 0.3 is 0 Å². The molecule has 0 unspecified atom stereocenters. The van der Waals surface area contributed by atoms with Gasteiger partial charge in [0, 0.05) is 0 Å². The fraction of sp³-hybridized carbons (Fsp3) is 0.333. The molecule has 1 heterocycles. The summed E-state index contributed by atoms with van der Waals surface area (Å²) in [6, 6.07) is 6.33. The molecule has 0 aliphatic rings. The van der Waals surface area contributed by atoms with Crippen LogP contribution in [0.25, 0.3) is 0 Å². The minimum atomic E-state index is 0.264. The van der Waals surface area contributed by atoms with Crippen LogP contribution in [0.1, 0.15) is 28.5 Å². The van der Waals surface area contributed by atoms with E-state index in [0.717, 1.165) is 0 Å². The molecular weight excluding hydrogens is 224 g/mol. The van der Waals surface area contributed by atoms with Gasteiger partial charge in [0.25, 0.3) is 0 Å². The Balaban J connectivity index is 2.22. The van der Waals surface area contributed by atoms with Gasteiger partial charge in [0.05, 0.1) is 6.42 Å². The van der Waals surface area contributed by atoms with Crippen LogP contribution in [0.5, 0.6) is 0 Å². The first kappa shape index (κ1) is 11.1. The number of benzene rings is 1. The zero-order valence-electron chi connectivity index (χ0n) is 9.33. The molecule has 0 spiro atoms. The van der Waals surface area contributed by atoms with Crippen LogP contribution in [0.3, 0.4) is 0 Å². The van der Waals surface area contributed by atoms with E-state index in [9.17, 15) is 0 Å². The first-order chi connectivity index (χ1) is 7.69. The Labute approximate surface area is 99.5 Å². The average Bonchev–Trinajstić information content (AvgIpc) is 2.71. The van der Waals surface area contributed by atoms with Gasteiger partial charge in [-0.1, -0.05) is 23.8 Å². The smallest absolute Gasteiger partial charge is 0.231 e. The van der Waals surface area contributed by atoms with Crippen LogP contribution in [0.2, 0.25) is 0 Å². The Morgan fingerprint density at radius 1 is 1.19 bits per heavy atom. The van der Waals surface area contributed by atoms with Gasteiger partial charge in [-0.2, -0.15) is 0 Å². The van der Waals surface area contributed by atoms with Crippen LogP contribution in [0.4, 0.5) is 0 Å². The van der Waals surface area contributed by atoms with Crippen LogP contribution in [-0.2, 0) is 12.3 Å². The molecule has 0 bridgehead atoms. The van der Waals surface area contributed by atoms with Crippen LogP contribution >= 0.6 is 11.6 Å². The number of aryl methyl sites for hydroxylation is 2. The van der Waals surface area contributed by atoms with Gasteiger partial charge in [0.2, 0.25) is 11.8 Å². The zero-order valence-corrected chi connectivity index (χ0v) is 10.1. The number of alkyl halides is 1. The van der Waals surface area contributed by atoms with Crippen molar-refractivity contribution < 1.29 is 4.42 Å². The van der Waals surface area contributed by atoms with Crippen LogP contribution in [0.15, 0.2) is 22.6 Å². The predicted octanol–water partition coefficient (Wildman–Crippen LogP) is 3.02. The third-order valence-electron chi connectivity index (χ3n) is 2.47. The molecule has 0 fully saturated rings. The summed E-state index contributed by atoms with van der Waals surface area (Å²) in [5, 5.41) is 7.79. The van der Waals surface area contributed by atoms with Crippen molar-refractivity contribution in [3.05, 3.63) is 46.7 Å². The molecule has 0 radical (unpaired) electrons. The van der Waals surface area contributed by atoms with E-state index >= 15 is 0 Å². The van der Waals surface area contributed by atoms with Crippen molar-refractivity contribution in [2.45, 2.75) is 26.1 Å². The maximum Gasteiger partial charge on any atom is 0.231 e. The molecule has 0 atom stereocenters. The standard InChI is InChI=1S/C12H13ClN2O/c1-8-3-4-9(2)10(5-8)6-11-14-15-12(7-13)16-11/h3-5H,6-7H2,1-2H3. The second kappa shape index (κ2) is 4.66. The average molecular weight is 237 g/mol. The lowest BCUT2D eigenvalue weighted by Crippen LogP contribution is -1.93. The highest BCUT2D eigenvalue weighted by molar-refractivity contribution is 6.16. The molecule has 0 amide bonds. The summed E-state index contributed by atoms with van der Waals surface area (Å²) in [7, 11) is 0. The van der Waals surface area contributed by atoms with Crippen LogP contribution in [-0.4, -0.2) is 10.2 Å². The number of nitrogens with zero attached hydrogens (tertiary/aromatic N) is 2. The Morgan fingerprint density at radius 3 is 2.62 bits per heavy atom. The number of rotatable bonds is 3. The molecule has 3 nitrogen and oxygen atoms in total. The summed E-state index contributed by atoms with van der Waals surface area (Å²) in [4.78, 5) is 0. The maximum absolute atomic E-state index is 5.60. The van der Waals surface area contributed by atoms with Gasteiger partial charge in [0.15, 0.2) is 0 Å². The molecule has 2 aromatic rings. The summed E-state index contributed by atoms with van der Waals surface area (Å²) in [6.45, 7) is 4.15. The topological polar surface area (TPSA) is 38.9 Å². The molecule has 84 valence electrons. The normalized spacial score (nSPS) is 10.7. The molecule has 1 aromatic heterocycles. The molecule has 0 N–H and O–H groups in total. The molecular formula is C12H13ClN2O. The highest BCUT2D eigenvalue weighted by Crippen LogP contribution is 2.15. The number of hydrogen-bond acceptors (Lipinski definition) is 3. The third kappa shape index (κ3) is 2.42. The van der Waals surface area contributed by atoms with Crippen molar-refractivity contribution in [1.29, 1.82) is 0 Å². The summed E-state index contributed by atoms with van der Waals surface area (Å²) in [5.41, 5.74) is 3.68. The van der Waals surface area contributed by atoms with Crippen LogP contribution < -0.4 is 0 Å². The molecule has 0 aliphatic heterocycles. The monoisotopic (exact) mass is 236 g/mol. The molecule has 16 heavy (non-hydrogen) atoms. The minimum Gasteiger partial charge on any atom is -0.424 e. The van der Waals surface area contributed by atoms with E-state index in [4.69, 9.17) is 16.0 Å². The van der Waals surface area contributed by atoms with E-state index in [0.29, 0.717) is 18.2 Å². The van der Waals surface area contributed by atoms with E-state index in [-0.39, 0.29) is 5.88 Å². The molecule has 1 aromatic carbocycles. The predicted molar refractivity (Wildman–Crippen MR) is 62.6 cm³/mol. The Morgan fingerprint density at radius 2 is 1.94 bits per heavy atom. The molecule has 2 rings (SSSR count). The summed E-state index contributed by atoms with van der Waals surface area (Å²) in [5.74, 6) is 1.35. The highest BCUT2D eigenvalue weighted by atomic mass is 35.5. The SMILES string of the molecule is Cc1ccc(C)c(Cc2nnc(CCl)o2)c1. The molecule has 0 saturated heterocycles. The van der Waals surface area contributed by atoms with E-state index in [1.54, 1.807) is 0 Å². The Bertz CT molecular complexity index is 494. The fourth-order valence-corrected chi connectivity index (χ4v) is 1.68.